The molecule has 4 aliphatic rings. The molecule has 2 saturated carbocycles. The van der Waals surface area contributed by atoms with E-state index in [0.29, 0.717) is 18.4 Å². The second kappa shape index (κ2) is 7.54. The SMILES string of the molecule is Cc1cc2cc(-c3ccc(C4=NC5(CC5)C(=O)N4C[C@@H]4CCN(C(=O)C5CC5)C4)cc3)ccc2o1. The van der Waals surface area contributed by atoms with Gasteiger partial charge in [0.25, 0.3) is 5.91 Å². The Balaban J connectivity index is 1.12. The van der Waals surface area contributed by atoms with Crippen LogP contribution in [0, 0.1) is 18.8 Å². The van der Waals surface area contributed by atoms with E-state index < -0.39 is 5.54 Å². The molecular weight excluding hydrogens is 438 g/mol. The van der Waals surface area contributed by atoms with Crippen molar-refractivity contribution in [1.29, 1.82) is 0 Å². The van der Waals surface area contributed by atoms with Crippen LogP contribution >= 0.6 is 0 Å². The van der Waals surface area contributed by atoms with E-state index in [2.05, 4.69) is 42.5 Å². The van der Waals surface area contributed by atoms with Gasteiger partial charge in [0.2, 0.25) is 5.91 Å². The average Bonchev–Trinajstić information content (AvgIpc) is 3.76. The Kier molecular flexibility index (Phi) is 4.51. The minimum atomic E-state index is -0.527. The van der Waals surface area contributed by atoms with Crippen LogP contribution in [0.25, 0.3) is 22.1 Å². The monoisotopic (exact) mass is 467 g/mol. The number of aliphatic imine (C=N–C) groups is 1. The van der Waals surface area contributed by atoms with Crippen molar-refractivity contribution in [1.82, 2.24) is 9.80 Å². The third kappa shape index (κ3) is 3.58. The number of aryl methyl sites for hydroxylation is 1. The van der Waals surface area contributed by atoms with Gasteiger partial charge in [0, 0.05) is 36.5 Å². The molecule has 3 fully saturated rings. The molecule has 2 aliphatic heterocycles. The van der Waals surface area contributed by atoms with Crippen molar-refractivity contribution in [2.24, 2.45) is 16.8 Å². The maximum atomic E-state index is 13.3. The zero-order valence-corrected chi connectivity index (χ0v) is 20.0. The van der Waals surface area contributed by atoms with Crippen molar-refractivity contribution < 1.29 is 14.0 Å². The molecule has 0 N–H and O–H groups in total. The summed E-state index contributed by atoms with van der Waals surface area (Å²) >= 11 is 0. The summed E-state index contributed by atoms with van der Waals surface area (Å²) in [5.41, 5.74) is 3.61. The fraction of sp³-hybridized carbons (Fsp3) is 0.414. The lowest BCUT2D eigenvalue weighted by Gasteiger charge is -2.23. The molecule has 2 aromatic carbocycles. The van der Waals surface area contributed by atoms with Gasteiger partial charge in [-0.2, -0.15) is 0 Å². The van der Waals surface area contributed by atoms with Crippen LogP contribution in [0.5, 0.6) is 0 Å². The molecular formula is C29H29N3O3. The van der Waals surface area contributed by atoms with Crippen molar-refractivity contribution in [2.45, 2.75) is 44.6 Å². The second-order valence-corrected chi connectivity index (χ2v) is 10.8. The van der Waals surface area contributed by atoms with Gasteiger partial charge in [-0.15, -0.1) is 0 Å². The molecule has 1 aromatic heterocycles. The molecule has 1 atom stereocenters. The molecule has 7 rings (SSSR count). The van der Waals surface area contributed by atoms with Gasteiger partial charge in [-0.25, -0.2) is 0 Å². The molecule has 1 saturated heterocycles. The number of hydrogen-bond acceptors (Lipinski definition) is 4. The largest absolute Gasteiger partial charge is 0.461 e. The van der Waals surface area contributed by atoms with Crippen LogP contribution in [0.4, 0.5) is 0 Å². The highest BCUT2D eigenvalue weighted by Crippen LogP contribution is 2.46. The highest BCUT2D eigenvalue weighted by atomic mass is 16.3. The normalized spacial score (nSPS) is 22.9. The number of fused-ring (bicyclic) bond motifs is 1. The van der Waals surface area contributed by atoms with Gasteiger partial charge in [-0.1, -0.05) is 30.3 Å². The Morgan fingerprint density at radius 2 is 1.77 bits per heavy atom. The summed E-state index contributed by atoms with van der Waals surface area (Å²) in [4.78, 5) is 34.7. The Morgan fingerprint density at radius 1 is 1.03 bits per heavy atom. The average molecular weight is 468 g/mol. The van der Waals surface area contributed by atoms with Crippen molar-refractivity contribution in [3.8, 4) is 11.1 Å². The minimum Gasteiger partial charge on any atom is -0.461 e. The quantitative estimate of drug-likeness (QED) is 0.542. The molecule has 6 nitrogen and oxygen atoms in total. The summed E-state index contributed by atoms with van der Waals surface area (Å²) < 4.78 is 5.71. The minimum absolute atomic E-state index is 0.143. The van der Waals surface area contributed by atoms with E-state index in [0.717, 1.165) is 84.4 Å². The summed E-state index contributed by atoms with van der Waals surface area (Å²) in [5, 5.41) is 1.10. The highest BCUT2D eigenvalue weighted by molar-refractivity contribution is 6.16. The fourth-order valence-electron chi connectivity index (χ4n) is 5.69. The van der Waals surface area contributed by atoms with Crippen LogP contribution in [0.1, 0.15) is 43.4 Å². The number of amidine groups is 1. The summed E-state index contributed by atoms with van der Waals surface area (Å²) in [6.45, 7) is 4.18. The number of furan rings is 1. The Morgan fingerprint density at radius 3 is 2.51 bits per heavy atom. The van der Waals surface area contributed by atoms with E-state index in [-0.39, 0.29) is 11.8 Å². The molecule has 178 valence electrons. The molecule has 3 aromatic rings. The first kappa shape index (κ1) is 20.9. The van der Waals surface area contributed by atoms with Gasteiger partial charge in [0.05, 0.1) is 0 Å². The van der Waals surface area contributed by atoms with E-state index >= 15 is 0 Å². The molecule has 2 aliphatic carbocycles. The van der Waals surface area contributed by atoms with Gasteiger partial charge in [-0.05, 0) is 74.3 Å². The molecule has 2 amide bonds. The predicted octanol–water partition coefficient (Wildman–Crippen LogP) is 4.79. The van der Waals surface area contributed by atoms with Crippen LogP contribution in [-0.4, -0.2) is 52.6 Å². The summed E-state index contributed by atoms with van der Waals surface area (Å²) in [6.07, 6.45) is 4.71. The zero-order chi connectivity index (χ0) is 23.7. The van der Waals surface area contributed by atoms with Crippen LogP contribution in [0.2, 0.25) is 0 Å². The van der Waals surface area contributed by atoms with E-state index in [1.165, 1.54) is 0 Å². The number of amides is 2. The van der Waals surface area contributed by atoms with E-state index in [9.17, 15) is 9.59 Å². The van der Waals surface area contributed by atoms with Gasteiger partial charge < -0.3 is 9.32 Å². The van der Waals surface area contributed by atoms with E-state index in [4.69, 9.17) is 9.41 Å². The maximum absolute atomic E-state index is 13.3. The summed E-state index contributed by atoms with van der Waals surface area (Å²) in [6, 6.07) is 16.7. The predicted molar refractivity (Wildman–Crippen MR) is 134 cm³/mol. The van der Waals surface area contributed by atoms with Gasteiger partial charge in [0.1, 0.15) is 22.7 Å². The highest BCUT2D eigenvalue weighted by Gasteiger charge is 2.57. The van der Waals surface area contributed by atoms with Crippen LogP contribution < -0.4 is 0 Å². The number of carbonyl (C=O) groups excluding carboxylic acids is 2. The van der Waals surface area contributed by atoms with Gasteiger partial charge in [0.15, 0.2) is 0 Å². The lowest BCUT2D eigenvalue weighted by atomic mass is 10.0. The maximum Gasteiger partial charge on any atom is 0.256 e. The third-order valence-electron chi connectivity index (χ3n) is 8.02. The smallest absolute Gasteiger partial charge is 0.256 e. The van der Waals surface area contributed by atoms with Gasteiger partial charge >= 0.3 is 0 Å². The molecule has 0 unspecified atom stereocenters. The molecule has 0 radical (unpaired) electrons. The Labute approximate surface area is 204 Å². The number of likely N-dealkylation sites (tertiary alicyclic amines) is 1. The topological polar surface area (TPSA) is 66.1 Å². The lowest BCUT2D eigenvalue weighted by Crippen LogP contribution is -2.40. The van der Waals surface area contributed by atoms with Crippen molar-refractivity contribution in [3.05, 3.63) is 59.9 Å². The number of benzene rings is 2. The Bertz CT molecular complexity index is 1380. The molecule has 35 heavy (non-hydrogen) atoms. The number of hydrogen-bond donors (Lipinski definition) is 0. The van der Waals surface area contributed by atoms with Crippen molar-refractivity contribution in [3.63, 3.8) is 0 Å². The van der Waals surface area contributed by atoms with Crippen LogP contribution in [-0.2, 0) is 9.59 Å². The van der Waals surface area contributed by atoms with Gasteiger partial charge in [-0.3, -0.25) is 19.5 Å². The van der Waals surface area contributed by atoms with Crippen LogP contribution in [0.15, 0.2) is 57.9 Å². The summed E-state index contributed by atoms with van der Waals surface area (Å²) in [5.74, 6) is 2.73. The first-order chi connectivity index (χ1) is 17.0. The van der Waals surface area contributed by atoms with Crippen molar-refractivity contribution >= 4 is 28.6 Å². The second-order valence-electron chi connectivity index (χ2n) is 10.8. The molecule has 0 bridgehead atoms. The molecule has 1 spiro atoms. The van der Waals surface area contributed by atoms with E-state index in [1.54, 1.807) is 0 Å². The standard InChI is InChI=1S/C29H29N3O3/c1-18-14-24-15-23(8-9-25(24)35-18)20-2-4-21(5-3-20)26-30-29(11-12-29)28(34)32(26)17-19-10-13-31(16-19)27(33)22-6-7-22/h2-5,8-9,14-15,19,22H,6-7,10-13,16-17H2,1H3/t19-/m1/s1. The zero-order valence-electron chi connectivity index (χ0n) is 20.0. The third-order valence-corrected chi connectivity index (χ3v) is 8.02. The first-order valence-corrected chi connectivity index (χ1v) is 12.8. The number of nitrogens with zero attached hydrogens (tertiary/aromatic N) is 3. The number of rotatable bonds is 5. The number of carbonyl (C=O) groups is 2. The molecule has 3 heterocycles. The van der Waals surface area contributed by atoms with Crippen LogP contribution in [0.3, 0.4) is 0 Å². The van der Waals surface area contributed by atoms with Crippen molar-refractivity contribution in [2.75, 3.05) is 19.6 Å². The van der Waals surface area contributed by atoms with E-state index in [1.807, 2.05) is 22.8 Å². The Hall–Kier alpha value is -3.41. The fourth-order valence-corrected chi connectivity index (χ4v) is 5.69. The first-order valence-electron chi connectivity index (χ1n) is 12.8. The lowest BCUT2D eigenvalue weighted by molar-refractivity contribution is -0.131. The molecule has 6 heteroatoms. The summed E-state index contributed by atoms with van der Waals surface area (Å²) in [7, 11) is 0.